The molecule has 0 rings (SSSR count). The third-order valence-corrected chi connectivity index (χ3v) is 4.19. The van der Waals surface area contributed by atoms with Crippen molar-refractivity contribution in [3.05, 3.63) is 0 Å². The van der Waals surface area contributed by atoms with Gasteiger partial charge >= 0.3 is 11.9 Å². The monoisotopic (exact) mass is 461 g/mol. The minimum Gasteiger partial charge on any atom is -0.481 e. The van der Waals surface area contributed by atoms with E-state index in [1.165, 1.54) is 0 Å². The molecule has 0 heterocycles. The number of primary amides is 1. The van der Waals surface area contributed by atoms with Crippen LogP contribution in [-0.4, -0.2) is 81.7 Å². The molecule has 0 aliphatic heterocycles. The van der Waals surface area contributed by atoms with Crippen molar-refractivity contribution in [1.29, 1.82) is 0 Å². The third kappa shape index (κ3) is 11.2. The maximum absolute atomic E-state index is 12.5. The van der Waals surface area contributed by atoms with Crippen LogP contribution in [0, 0.1) is 5.92 Å². The van der Waals surface area contributed by atoms with Crippen molar-refractivity contribution in [3.63, 3.8) is 0 Å². The minimum absolute atomic E-state index is 0.0568. The molecule has 4 amide bonds. The van der Waals surface area contributed by atoms with Crippen molar-refractivity contribution < 1.29 is 44.1 Å². The zero-order valence-corrected chi connectivity index (χ0v) is 17.9. The smallest absolute Gasteiger partial charge is 0.326 e. The molecule has 182 valence electrons. The molecule has 10 N–H and O–H groups in total. The Balaban J connectivity index is 5.25. The van der Waals surface area contributed by atoms with Crippen molar-refractivity contribution in [1.82, 2.24) is 16.0 Å². The highest BCUT2D eigenvalue weighted by Crippen LogP contribution is 2.07. The number of aliphatic carboxylic acids is 2. The summed E-state index contributed by atoms with van der Waals surface area (Å²) in [4.78, 5) is 69.9. The Morgan fingerprint density at radius 1 is 0.844 bits per heavy atom. The van der Waals surface area contributed by atoms with Crippen LogP contribution in [0.15, 0.2) is 0 Å². The second kappa shape index (κ2) is 13.9. The van der Waals surface area contributed by atoms with E-state index in [2.05, 4.69) is 16.0 Å². The van der Waals surface area contributed by atoms with Gasteiger partial charge < -0.3 is 42.7 Å². The van der Waals surface area contributed by atoms with Gasteiger partial charge in [0.2, 0.25) is 23.6 Å². The van der Waals surface area contributed by atoms with Crippen LogP contribution in [0.25, 0.3) is 0 Å². The largest absolute Gasteiger partial charge is 0.481 e. The lowest BCUT2D eigenvalue weighted by Crippen LogP contribution is -2.58. The molecule has 0 bridgehead atoms. The van der Waals surface area contributed by atoms with Crippen LogP contribution in [0.1, 0.15) is 39.5 Å². The summed E-state index contributed by atoms with van der Waals surface area (Å²) in [6.45, 7) is 2.61. The molecule has 0 saturated heterocycles. The second-order valence-electron chi connectivity index (χ2n) is 7.54. The van der Waals surface area contributed by atoms with Gasteiger partial charge in [-0.15, -0.1) is 0 Å². The summed E-state index contributed by atoms with van der Waals surface area (Å²) < 4.78 is 0. The Morgan fingerprint density at radius 2 is 1.34 bits per heavy atom. The van der Waals surface area contributed by atoms with E-state index in [4.69, 9.17) is 21.7 Å². The van der Waals surface area contributed by atoms with E-state index in [9.17, 15) is 33.9 Å². The zero-order valence-electron chi connectivity index (χ0n) is 17.9. The average molecular weight is 461 g/mol. The van der Waals surface area contributed by atoms with Gasteiger partial charge in [-0.05, 0) is 18.8 Å². The number of carboxylic acid groups (broad SMARTS) is 2. The summed E-state index contributed by atoms with van der Waals surface area (Å²) in [5.74, 6) is -6.56. The van der Waals surface area contributed by atoms with Gasteiger partial charge in [0.1, 0.15) is 18.1 Å². The SMILES string of the molecule is CC(C)CC(NC(=O)C(CO)NC(=O)C(N)CCC(N)=O)C(=O)NC(CC(=O)O)C(=O)O. The number of rotatable bonds is 15. The number of carboxylic acids is 2. The first-order chi connectivity index (χ1) is 14.8. The molecule has 4 unspecified atom stereocenters. The lowest BCUT2D eigenvalue weighted by Gasteiger charge is -2.25. The predicted octanol–water partition coefficient (Wildman–Crippen LogP) is -3.37. The fraction of sp³-hybridized carbons (Fsp3) is 0.667. The normalized spacial score (nSPS) is 14.5. The number of aliphatic hydroxyl groups excluding tert-OH is 1. The third-order valence-electron chi connectivity index (χ3n) is 4.19. The van der Waals surface area contributed by atoms with Gasteiger partial charge in [-0.25, -0.2) is 4.79 Å². The van der Waals surface area contributed by atoms with E-state index >= 15 is 0 Å². The highest BCUT2D eigenvalue weighted by molar-refractivity contribution is 5.94. The van der Waals surface area contributed by atoms with Gasteiger partial charge in [-0.2, -0.15) is 0 Å². The lowest BCUT2D eigenvalue weighted by atomic mass is 10.0. The zero-order chi connectivity index (χ0) is 25.0. The first-order valence-corrected chi connectivity index (χ1v) is 9.78. The molecule has 0 aromatic rings. The molecule has 0 radical (unpaired) electrons. The molecule has 14 heteroatoms. The van der Waals surface area contributed by atoms with E-state index in [0.29, 0.717) is 0 Å². The first kappa shape index (κ1) is 28.7. The quantitative estimate of drug-likeness (QED) is 0.120. The van der Waals surface area contributed by atoms with E-state index in [1.54, 1.807) is 13.8 Å². The summed E-state index contributed by atoms with van der Waals surface area (Å²) >= 11 is 0. The Kier molecular flexibility index (Phi) is 12.5. The topological polar surface area (TPSA) is 251 Å². The summed E-state index contributed by atoms with van der Waals surface area (Å²) in [6.07, 6.45) is -1.06. The molecule has 0 aliphatic rings. The van der Waals surface area contributed by atoms with Crippen LogP contribution >= 0.6 is 0 Å². The van der Waals surface area contributed by atoms with Gasteiger partial charge in [0.05, 0.1) is 19.1 Å². The number of hydrogen-bond acceptors (Lipinski definition) is 8. The standard InChI is InChI=1S/C18H31N5O9/c1-8(2)5-10(16(29)22-11(18(31)32)6-14(26)27)21-17(30)12(7-24)23-15(28)9(19)3-4-13(20)25/h8-12,24H,3-7,19H2,1-2H3,(H2,20,25)(H,21,30)(H,22,29)(H,23,28)(H,26,27)(H,31,32). The van der Waals surface area contributed by atoms with Gasteiger partial charge in [-0.3, -0.25) is 24.0 Å². The Bertz CT molecular complexity index is 713. The fourth-order valence-electron chi connectivity index (χ4n) is 2.52. The van der Waals surface area contributed by atoms with Crippen LogP contribution < -0.4 is 27.4 Å². The number of nitrogens with one attached hydrogen (secondary N) is 3. The average Bonchev–Trinajstić information content (AvgIpc) is 2.67. The number of amides is 4. The minimum atomic E-state index is -1.72. The Morgan fingerprint density at radius 3 is 1.78 bits per heavy atom. The first-order valence-electron chi connectivity index (χ1n) is 9.78. The molecule has 0 spiro atoms. The van der Waals surface area contributed by atoms with Crippen molar-refractivity contribution in [2.45, 2.75) is 63.7 Å². The van der Waals surface area contributed by atoms with Gasteiger partial charge in [-0.1, -0.05) is 13.8 Å². The number of carbonyl (C=O) groups excluding carboxylic acids is 4. The predicted molar refractivity (Wildman–Crippen MR) is 109 cm³/mol. The van der Waals surface area contributed by atoms with Crippen LogP contribution in [-0.2, 0) is 28.8 Å². The summed E-state index contributed by atoms with van der Waals surface area (Å²) in [5, 5.41) is 33.9. The number of carbonyl (C=O) groups is 6. The molecule has 14 nitrogen and oxygen atoms in total. The van der Waals surface area contributed by atoms with E-state index < -0.39 is 72.8 Å². The molecule has 32 heavy (non-hydrogen) atoms. The fourth-order valence-corrected chi connectivity index (χ4v) is 2.52. The molecule has 0 fully saturated rings. The summed E-state index contributed by atoms with van der Waals surface area (Å²) in [5.41, 5.74) is 10.6. The van der Waals surface area contributed by atoms with Crippen LogP contribution in [0.4, 0.5) is 0 Å². The second-order valence-corrected chi connectivity index (χ2v) is 7.54. The highest BCUT2D eigenvalue weighted by atomic mass is 16.4. The Labute approximate surface area is 184 Å². The van der Waals surface area contributed by atoms with Gasteiger partial charge in [0.15, 0.2) is 0 Å². The van der Waals surface area contributed by atoms with Crippen LogP contribution in [0.5, 0.6) is 0 Å². The molecule has 0 saturated carbocycles. The van der Waals surface area contributed by atoms with E-state index in [1.807, 2.05) is 0 Å². The molecule has 4 atom stereocenters. The van der Waals surface area contributed by atoms with Crippen molar-refractivity contribution >= 4 is 35.6 Å². The Hall–Kier alpha value is -3.26. The van der Waals surface area contributed by atoms with Crippen LogP contribution in [0.2, 0.25) is 0 Å². The van der Waals surface area contributed by atoms with E-state index in [0.717, 1.165) is 0 Å². The molecule has 0 aliphatic carbocycles. The number of aliphatic hydroxyl groups is 1. The maximum atomic E-state index is 12.5. The maximum Gasteiger partial charge on any atom is 0.326 e. The van der Waals surface area contributed by atoms with Crippen LogP contribution in [0.3, 0.4) is 0 Å². The van der Waals surface area contributed by atoms with Crippen molar-refractivity contribution in [2.75, 3.05) is 6.61 Å². The number of hydrogen-bond donors (Lipinski definition) is 8. The molecule has 0 aromatic heterocycles. The van der Waals surface area contributed by atoms with Gasteiger partial charge in [0.25, 0.3) is 0 Å². The lowest BCUT2D eigenvalue weighted by molar-refractivity contribution is -0.147. The molecule has 0 aromatic carbocycles. The van der Waals surface area contributed by atoms with E-state index in [-0.39, 0.29) is 25.2 Å². The van der Waals surface area contributed by atoms with Crippen molar-refractivity contribution in [2.24, 2.45) is 17.4 Å². The molecular weight excluding hydrogens is 430 g/mol. The molecular formula is C18H31N5O9. The summed E-state index contributed by atoms with van der Waals surface area (Å²) in [7, 11) is 0. The summed E-state index contributed by atoms with van der Waals surface area (Å²) in [6, 6.07) is -5.65. The highest BCUT2D eigenvalue weighted by Gasteiger charge is 2.31. The van der Waals surface area contributed by atoms with Crippen molar-refractivity contribution in [3.8, 4) is 0 Å². The van der Waals surface area contributed by atoms with Gasteiger partial charge in [0, 0.05) is 6.42 Å². The number of nitrogens with two attached hydrogens (primary N) is 2.